The van der Waals surface area contributed by atoms with Gasteiger partial charge in [0.05, 0.1) is 13.2 Å². The van der Waals surface area contributed by atoms with Gasteiger partial charge >= 0.3 is 0 Å². The van der Waals surface area contributed by atoms with Crippen molar-refractivity contribution in [3.63, 3.8) is 0 Å². The highest BCUT2D eigenvalue weighted by molar-refractivity contribution is 5.95. The lowest BCUT2D eigenvalue weighted by Crippen LogP contribution is -2.56. The summed E-state index contributed by atoms with van der Waals surface area (Å²) >= 11 is 0. The predicted molar refractivity (Wildman–Crippen MR) is 55.2 cm³/mol. The number of nitrogens with two attached hydrogens (primary N) is 1. The Balaban J connectivity index is 2.04. The van der Waals surface area contributed by atoms with E-state index >= 15 is 0 Å². The zero-order chi connectivity index (χ0) is 10.7. The minimum absolute atomic E-state index is 0.116. The van der Waals surface area contributed by atoms with Gasteiger partial charge in [0.25, 0.3) is 0 Å². The summed E-state index contributed by atoms with van der Waals surface area (Å²) in [5.41, 5.74) is 5.00. The highest BCUT2D eigenvalue weighted by Gasteiger charge is 2.44. The number of hydrogen-bond donors (Lipinski definition) is 2. The Kier molecular flexibility index (Phi) is 2.66. The van der Waals surface area contributed by atoms with Crippen LogP contribution in [-0.2, 0) is 9.53 Å². The molecule has 1 aliphatic rings. The van der Waals surface area contributed by atoms with Crippen molar-refractivity contribution in [1.82, 2.24) is 4.98 Å². The molecule has 1 aromatic heterocycles. The van der Waals surface area contributed by atoms with E-state index in [9.17, 15) is 4.79 Å². The zero-order valence-electron chi connectivity index (χ0n) is 8.27. The topological polar surface area (TPSA) is 77.2 Å². The van der Waals surface area contributed by atoms with Gasteiger partial charge in [-0.05, 0) is 12.1 Å². The van der Waals surface area contributed by atoms with Gasteiger partial charge in [0.1, 0.15) is 11.2 Å². The van der Waals surface area contributed by atoms with E-state index in [1.54, 1.807) is 18.3 Å². The summed E-state index contributed by atoms with van der Waals surface area (Å²) in [6, 6.07) is 5.34. The molecule has 2 heterocycles. The maximum absolute atomic E-state index is 11.8. The van der Waals surface area contributed by atoms with E-state index in [0.29, 0.717) is 25.6 Å². The van der Waals surface area contributed by atoms with E-state index in [2.05, 4.69) is 10.3 Å². The minimum Gasteiger partial charge on any atom is -0.379 e. The van der Waals surface area contributed by atoms with Crippen LogP contribution in [0.1, 0.15) is 0 Å². The van der Waals surface area contributed by atoms with Gasteiger partial charge in [-0.3, -0.25) is 4.79 Å². The van der Waals surface area contributed by atoms with Crippen molar-refractivity contribution < 1.29 is 9.53 Å². The Morgan fingerprint density at radius 1 is 1.60 bits per heavy atom. The molecule has 0 unspecified atom stereocenters. The Morgan fingerprint density at radius 2 is 2.40 bits per heavy atom. The first-order valence-corrected chi connectivity index (χ1v) is 4.77. The summed E-state index contributed by atoms with van der Waals surface area (Å²) in [7, 11) is 0. The fourth-order valence-corrected chi connectivity index (χ4v) is 1.38. The van der Waals surface area contributed by atoms with Crippen LogP contribution in [-0.4, -0.2) is 30.6 Å². The van der Waals surface area contributed by atoms with E-state index in [0.717, 1.165) is 0 Å². The Labute approximate surface area is 87.6 Å². The van der Waals surface area contributed by atoms with Crippen LogP contribution in [0.2, 0.25) is 0 Å². The van der Waals surface area contributed by atoms with Crippen LogP contribution in [0.4, 0.5) is 5.82 Å². The first kappa shape index (κ1) is 10.1. The summed E-state index contributed by atoms with van der Waals surface area (Å²) in [5.74, 6) is 0.428. The van der Waals surface area contributed by atoms with Gasteiger partial charge in [0, 0.05) is 12.7 Å². The average Bonchev–Trinajstić information content (AvgIpc) is 2.18. The molecule has 3 N–H and O–H groups in total. The van der Waals surface area contributed by atoms with Crippen molar-refractivity contribution in [3.8, 4) is 0 Å². The molecule has 2 rings (SSSR count). The highest BCUT2D eigenvalue weighted by atomic mass is 16.5. The van der Waals surface area contributed by atoms with Crippen LogP contribution in [0, 0.1) is 5.41 Å². The Morgan fingerprint density at radius 3 is 2.87 bits per heavy atom. The van der Waals surface area contributed by atoms with Crippen LogP contribution in [0.3, 0.4) is 0 Å². The molecule has 1 saturated heterocycles. The third-order valence-electron chi connectivity index (χ3n) is 2.54. The van der Waals surface area contributed by atoms with Crippen molar-refractivity contribution in [2.24, 2.45) is 11.1 Å². The van der Waals surface area contributed by atoms with Crippen molar-refractivity contribution in [3.05, 3.63) is 24.4 Å². The fraction of sp³-hybridized carbons (Fsp3) is 0.400. The van der Waals surface area contributed by atoms with Crippen LogP contribution in [0.15, 0.2) is 24.4 Å². The molecule has 0 radical (unpaired) electrons. The van der Waals surface area contributed by atoms with Crippen LogP contribution < -0.4 is 11.1 Å². The summed E-state index contributed by atoms with van der Waals surface area (Å²) in [6.45, 7) is 1.08. The van der Waals surface area contributed by atoms with Crippen LogP contribution >= 0.6 is 0 Å². The van der Waals surface area contributed by atoms with Gasteiger partial charge in [0.2, 0.25) is 5.91 Å². The number of nitrogens with zero attached hydrogens (tertiary/aromatic N) is 1. The molecule has 5 heteroatoms. The number of carbonyl (C=O) groups excluding carboxylic acids is 1. The molecular formula is C10H13N3O2. The molecule has 1 fully saturated rings. The maximum Gasteiger partial charge on any atom is 0.237 e. The summed E-state index contributed by atoms with van der Waals surface area (Å²) in [4.78, 5) is 15.8. The normalized spacial score (nSPS) is 17.9. The number of anilines is 1. The second kappa shape index (κ2) is 3.96. The summed E-state index contributed by atoms with van der Waals surface area (Å²) < 4.78 is 5.03. The van der Waals surface area contributed by atoms with Gasteiger partial charge in [-0.25, -0.2) is 4.98 Å². The second-order valence-electron chi connectivity index (χ2n) is 3.65. The van der Waals surface area contributed by atoms with Crippen LogP contribution in [0.5, 0.6) is 0 Å². The Hall–Kier alpha value is -1.46. The number of rotatable bonds is 3. The third kappa shape index (κ3) is 1.84. The zero-order valence-corrected chi connectivity index (χ0v) is 8.27. The number of ether oxygens (including phenoxy) is 1. The molecule has 0 aromatic carbocycles. The SMILES string of the molecule is NCC1(C(=O)Nc2ccccn2)COC1. The van der Waals surface area contributed by atoms with E-state index in [1.165, 1.54) is 0 Å². The maximum atomic E-state index is 11.8. The highest BCUT2D eigenvalue weighted by Crippen LogP contribution is 2.27. The predicted octanol–water partition coefficient (Wildman–Crippen LogP) is -0.00460. The molecule has 1 aliphatic heterocycles. The number of hydrogen-bond acceptors (Lipinski definition) is 4. The monoisotopic (exact) mass is 207 g/mol. The molecule has 0 saturated carbocycles. The van der Waals surface area contributed by atoms with Gasteiger partial charge in [0.15, 0.2) is 0 Å². The van der Waals surface area contributed by atoms with Crippen molar-refractivity contribution in [1.29, 1.82) is 0 Å². The summed E-state index contributed by atoms with van der Waals surface area (Å²) in [6.07, 6.45) is 1.63. The van der Waals surface area contributed by atoms with Gasteiger partial charge in [-0.1, -0.05) is 6.07 Å². The Bertz CT molecular complexity index is 343. The molecule has 0 aliphatic carbocycles. The van der Waals surface area contributed by atoms with E-state index < -0.39 is 5.41 Å². The number of nitrogens with one attached hydrogen (secondary N) is 1. The van der Waals surface area contributed by atoms with Gasteiger partial charge in [-0.15, -0.1) is 0 Å². The molecule has 15 heavy (non-hydrogen) atoms. The van der Waals surface area contributed by atoms with Crippen molar-refractivity contribution >= 4 is 11.7 Å². The molecule has 1 amide bonds. The number of pyridine rings is 1. The lowest BCUT2D eigenvalue weighted by atomic mass is 9.85. The van der Waals surface area contributed by atoms with E-state index in [-0.39, 0.29) is 5.91 Å². The largest absolute Gasteiger partial charge is 0.379 e. The van der Waals surface area contributed by atoms with Crippen LogP contribution in [0.25, 0.3) is 0 Å². The molecule has 80 valence electrons. The molecule has 5 nitrogen and oxygen atoms in total. The number of carbonyl (C=O) groups is 1. The van der Waals surface area contributed by atoms with Crippen molar-refractivity contribution in [2.45, 2.75) is 0 Å². The lowest BCUT2D eigenvalue weighted by molar-refractivity contribution is -0.153. The first-order chi connectivity index (χ1) is 7.27. The summed E-state index contributed by atoms with van der Waals surface area (Å²) in [5, 5.41) is 2.73. The number of aromatic nitrogens is 1. The smallest absolute Gasteiger partial charge is 0.237 e. The average molecular weight is 207 g/mol. The van der Waals surface area contributed by atoms with Gasteiger partial charge in [-0.2, -0.15) is 0 Å². The van der Waals surface area contributed by atoms with E-state index in [4.69, 9.17) is 10.5 Å². The molecule has 0 spiro atoms. The minimum atomic E-state index is -0.558. The standard InChI is InChI=1S/C10H13N3O2/c11-5-10(6-15-7-10)9(14)13-8-3-1-2-4-12-8/h1-4H,5-7,11H2,(H,12,13,14). The quantitative estimate of drug-likeness (QED) is 0.731. The third-order valence-corrected chi connectivity index (χ3v) is 2.54. The lowest BCUT2D eigenvalue weighted by Gasteiger charge is -2.38. The molecule has 0 bridgehead atoms. The number of amides is 1. The fourth-order valence-electron chi connectivity index (χ4n) is 1.38. The molecule has 1 aromatic rings. The van der Waals surface area contributed by atoms with Gasteiger partial charge < -0.3 is 15.8 Å². The van der Waals surface area contributed by atoms with Crippen molar-refractivity contribution in [2.75, 3.05) is 25.1 Å². The second-order valence-corrected chi connectivity index (χ2v) is 3.65. The molecule has 0 atom stereocenters. The van der Waals surface area contributed by atoms with E-state index in [1.807, 2.05) is 6.07 Å². The molecular weight excluding hydrogens is 194 g/mol. The first-order valence-electron chi connectivity index (χ1n) is 4.77.